The van der Waals surface area contributed by atoms with Gasteiger partial charge in [0.1, 0.15) is 0 Å². The zero-order chi connectivity index (χ0) is 11.4. The van der Waals surface area contributed by atoms with Crippen LogP contribution in [0.1, 0.15) is 12.8 Å². The molecule has 0 amide bonds. The molecule has 0 aliphatic heterocycles. The van der Waals surface area contributed by atoms with Crippen molar-refractivity contribution < 1.29 is 0 Å². The van der Waals surface area contributed by atoms with Crippen molar-refractivity contribution in [2.45, 2.75) is 12.8 Å². The molecule has 0 fully saturated rings. The van der Waals surface area contributed by atoms with E-state index in [1.165, 1.54) is 11.1 Å². The van der Waals surface area contributed by atoms with E-state index in [1.54, 1.807) is 0 Å². The molecule has 0 spiro atoms. The van der Waals surface area contributed by atoms with Crippen molar-refractivity contribution in [2.75, 3.05) is 18.5 Å². The highest BCUT2D eigenvalue weighted by atomic mass is 15.1. The van der Waals surface area contributed by atoms with Gasteiger partial charge in [-0.15, -0.1) is 0 Å². The third kappa shape index (κ3) is 2.01. The number of benzene rings is 1. The minimum absolute atomic E-state index is 0.618. The predicted molar refractivity (Wildman–Crippen MR) is 66.4 cm³/mol. The fourth-order valence-electron chi connectivity index (χ4n) is 1.89. The maximum absolute atomic E-state index is 8.51. The van der Waals surface area contributed by atoms with E-state index in [-0.39, 0.29) is 0 Å². The van der Waals surface area contributed by atoms with Crippen LogP contribution in [0.25, 0.3) is 10.9 Å². The van der Waals surface area contributed by atoms with Crippen LogP contribution in [0.5, 0.6) is 0 Å². The van der Waals surface area contributed by atoms with Crippen LogP contribution in [0.2, 0.25) is 0 Å². The van der Waals surface area contributed by atoms with E-state index < -0.39 is 0 Å². The highest BCUT2D eigenvalue weighted by Crippen LogP contribution is 2.25. The second kappa shape index (κ2) is 4.71. The zero-order valence-corrected chi connectivity index (χ0v) is 9.40. The molecule has 0 bridgehead atoms. The van der Waals surface area contributed by atoms with Crippen molar-refractivity contribution in [1.29, 1.82) is 5.26 Å². The maximum Gasteiger partial charge on any atom is 0.0622 e. The van der Waals surface area contributed by atoms with Crippen molar-refractivity contribution >= 4 is 16.6 Å². The molecular weight excluding hydrogens is 198 g/mol. The van der Waals surface area contributed by atoms with Gasteiger partial charge in [0.2, 0.25) is 0 Å². The summed E-state index contributed by atoms with van der Waals surface area (Å²) in [5, 5.41) is 9.74. The number of hydrogen-bond acceptors (Lipinski definition) is 2. The first-order valence-electron chi connectivity index (χ1n) is 5.47. The largest absolute Gasteiger partial charge is 0.373 e. The van der Waals surface area contributed by atoms with Crippen molar-refractivity contribution in [3.63, 3.8) is 0 Å². The topological polar surface area (TPSA) is 42.8 Å². The monoisotopic (exact) mass is 213 g/mol. The lowest BCUT2D eigenvalue weighted by atomic mass is 10.2. The lowest BCUT2D eigenvalue weighted by molar-refractivity contribution is 0.809. The molecule has 0 unspecified atom stereocenters. The van der Waals surface area contributed by atoms with E-state index in [0.717, 1.165) is 18.5 Å². The maximum atomic E-state index is 8.51. The minimum atomic E-state index is 0.618. The van der Waals surface area contributed by atoms with Gasteiger partial charge in [0.15, 0.2) is 0 Å². The van der Waals surface area contributed by atoms with Crippen LogP contribution in [-0.2, 0) is 0 Å². The number of anilines is 1. The Hall–Kier alpha value is -1.95. The first-order valence-corrected chi connectivity index (χ1v) is 5.47. The molecular formula is C13H15N3. The molecule has 82 valence electrons. The molecule has 0 saturated heterocycles. The number of para-hydroxylation sites is 1. The van der Waals surface area contributed by atoms with E-state index >= 15 is 0 Å². The Morgan fingerprint density at radius 1 is 1.38 bits per heavy atom. The van der Waals surface area contributed by atoms with Crippen LogP contribution >= 0.6 is 0 Å². The average molecular weight is 213 g/mol. The molecule has 2 rings (SSSR count). The van der Waals surface area contributed by atoms with Crippen molar-refractivity contribution in [3.8, 4) is 6.07 Å². The van der Waals surface area contributed by atoms with Gasteiger partial charge in [-0.05, 0) is 12.5 Å². The second-order valence-corrected chi connectivity index (χ2v) is 3.90. The third-order valence-corrected chi connectivity index (χ3v) is 2.76. The quantitative estimate of drug-likeness (QED) is 0.793. The molecule has 0 radical (unpaired) electrons. The number of unbranched alkanes of at least 4 members (excludes halogenated alkanes) is 1. The summed E-state index contributed by atoms with van der Waals surface area (Å²) in [4.78, 5) is 5.44. The van der Waals surface area contributed by atoms with Crippen LogP contribution in [0.15, 0.2) is 30.5 Å². The van der Waals surface area contributed by atoms with Gasteiger partial charge in [0, 0.05) is 37.1 Å². The summed E-state index contributed by atoms with van der Waals surface area (Å²) in [7, 11) is 2.06. The Morgan fingerprint density at radius 3 is 3.00 bits per heavy atom. The highest BCUT2D eigenvalue weighted by molar-refractivity contribution is 5.92. The van der Waals surface area contributed by atoms with Gasteiger partial charge in [0.05, 0.1) is 11.8 Å². The van der Waals surface area contributed by atoms with Gasteiger partial charge in [-0.25, -0.2) is 0 Å². The fraction of sp³-hybridized carbons (Fsp3) is 0.308. The number of nitriles is 1. The summed E-state index contributed by atoms with van der Waals surface area (Å²) < 4.78 is 0. The van der Waals surface area contributed by atoms with Crippen LogP contribution < -0.4 is 4.90 Å². The summed E-state index contributed by atoms with van der Waals surface area (Å²) >= 11 is 0. The zero-order valence-electron chi connectivity index (χ0n) is 9.40. The van der Waals surface area contributed by atoms with Crippen LogP contribution in [0, 0.1) is 11.3 Å². The lowest BCUT2D eigenvalue weighted by Gasteiger charge is -2.17. The molecule has 0 saturated carbocycles. The van der Waals surface area contributed by atoms with E-state index in [1.807, 2.05) is 18.3 Å². The Morgan fingerprint density at radius 2 is 2.19 bits per heavy atom. The van der Waals surface area contributed by atoms with Gasteiger partial charge < -0.3 is 9.88 Å². The molecule has 2 aromatic rings. The number of rotatable bonds is 4. The molecule has 16 heavy (non-hydrogen) atoms. The first-order chi connectivity index (χ1) is 7.83. The summed E-state index contributed by atoms with van der Waals surface area (Å²) in [6, 6.07) is 10.4. The van der Waals surface area contributed by atoms with Gasteiger partial charge >= 0.3 is 0 Å². The van der Waals surface area contributed by atoms with E-state index in [0.29, 0.717) is 6.42 Å². The summed E-state index contributed by atoms with van der Waals surface area (Å²) in [6.45, 7) is 0.912. The molecule has 0 aliphatic rings. The van der Waals surface area contributed by atoms with E-state index in [9.17, 15) is 0 Å². The SMILES string of the molecule is CN(CCCC#N)c1c[nH]c2ccccc12. The molecule has 0 atom stereocenters. The number of hydrogen-bond donors (Lipinski definition) is 1. The number of aromatic nitrogens is 1. The normalized spacial score (nSPS) is 10.2. The van der Waals surface area contributed by atoms with Gasteiger partial charge in [0.25, 0.3) is 0 Å². The second-order valence-electron chi connectivity index (χ2n) is 3.90. The third-order valence-electron chi connectivity index (χ3n) is 2.76. The Bertz CT molecular complexity index is 507. The van der Waals surface area contributed by atoms with Crippen LogP contribution in [0.4, 0.5) is 5.69 Å². The standard InChI is InChI=1S/C13H15N3/c1-16(9-5-4-8-14)13-10-15-12-7-3-2-6-11(12)13/h2-3,6-7,10,15H,4-5,9H2,1H3. The molecule has 1 aromatic carbocycles. The molecule has 1 N–H and O–H groups in total. The Kier molecular flexibility index (Phi) is 3.11. The number of fused-ring (bicyclic) bond motifs is 1. The van der Waals surface area contributed by atoms with E-state index in [2.05, 4.69) is 35.1 Å². The highest BCUT2D eigenvalue weighted by Gasteiger charge is 2.06. The summed E-state index contributed by atoms with van der Waals surface area (Å²) in [5.41, 5.74) is 2.36. The number of nitrogens with zero attached hydrogens (tertiary/aromatic N) is 2. The van der Waals surface area contributed by atoms with E-state index in [4.69, 9.17) is 5.26 Å². The molecule has 3 nitrogen and oxygen atoms in total. The average Bonchev–Trinajstić information content (AvgIpc) is 2.73. The molecule has 1 aromatic heterocycles. The Labute approximate surface area is 95.3 Å². The number of H-pyrrole nitrogens is 1. The Balaban J connectivity index is 2.17. The fourth-order valence-corrected chi connectivity index (χ4v) is 1.89. The van der Waals surface area contributed by atoms with Gasteiger partial charge in [-0.2, -0.15) is 5.26 Å². The van der Waals surface area contributed by atoms with Gasteiger partial charge in [-0.1, -0.05) is 18.2 Å². The van der Waals surface area contributed by atoms with Crippen LogP contribution in [0.3, 0.4) is 0 Å². The molecule has 1 heterocycles. The minimum Gasteiger partial charge on any atom is -0.373 e. The van der Waals surface area contributed by atoms with Crippen LogP contribution in [-0.4, -0.2) is 18.6 Å². The summed E-state index contributed by atoms with van der Waals surface area (Å²) in [5.74, 6) is 0. The smallest absolute Gasteiger partial charge is 0.0622 e. The van der Waals surface area contributed by atoms with Crippen molar-refractivity contribution in [2.24, 2.45) is 0 Å². The van der Waals surface area contributed by atoms with Gasteiger partial charge in [-0.3, -0.25) is 0 Å². The number of aromatic amines is 1. The lowest BCUT2D eigenvalue weighted by Crippen LogP contribution is -2.17. The summed E-state index contributed by atoms with van der Waals surface area (Å²) in [6.07, 6.45) is 3.55. The first kappa shape index (κ1) is 10.6. The number of nitrogens with one attached hydrogen (secondary N) is 1. The molecule has 3 heteroatoms. The van der Waals surface area contributed by atoms with Crippen molar-refractivity contribution in [1.82, 2.24) is 4.98 Å². The molecule has 0 aliphatic carbocycles. The predicted octanol–water partition coefficient (Wildman–Crippen LogP) is 2.91. The van der Waals surface area contributed by atoms with Crippen molar-refractivity contribution in [3.05, 3.63) is 30.5 Å².